The number of aromatic nitrogens is 2. The van der Waals surface area contributed by atoms with Crippen LogP contribution in [0.3, 0.4) is 0 Å². The van der Waals surface area contributed by atoms with Crippen LogP contribution >= 0.6 is 22.7 Å². The van der Waals surface area contributed by atoms with E-state index in [1.807, 2.05) is 17.5 Å². The highest BCUT2D eigenvalue weighted by atomic mass is 32.1. The molecule has 3 aromatic rings. The largest absolute Gasteiger partial charge is 0.422 e. The van der Waals surface area contributed by atoms with E-state index in [1.54, 1.807) is 22.7 Å². The molecule has 4 nitrogen and oxygen atoms in total. The molecule has 0 unspecified atom stereocenters. The first-order valence-corrected chi connectivity index (χ1v) is 11.2. The molecule has 0 aromatic carbocycles. The van der Waals surface area contributed by atoms with E-state index in [9.17, 15) is 18.0 Å². The number of halogens is 3. The van der Waals surface area contributed by atoms with Crippen LogP contribution < -0.4 is 5.56 Å². The molecule has 4 heterocycles. The third-order valence-corrected chi connectivity index (χ3v) is 7.58. The van der Waals surface area contributed by atoms with E-state index >= 15 is 0 Å². The molecule has 0 fully saturated rings. The second-order valence-corrected chi connectivity index (χ2v) is 9.36. The fourth-order valence-electron chi connectivity index (χ4n) is 4.42. The highest BCUT2D eigenvalue weighted by molar-refractivity contribution is 7.10. The minimum atomic E-state index is -4.66. The van der Waals surface area contributed by atoms with Crippen LogP contribution in [-0.2, 0) is 32.1 Å². The van der Waals surface area contributed by atoms with Crippen LogP contribution in [0.2, 0.25) is 0 Å². The van der Waals surface area contributed by atoms with Gasteiger partial charge >= 0.3 is 6.18 Å². The standard InChI is InChI=1S/C20H18F3N3OS2/c21-20(22,23)17-12-3-1-4-14(12)24-26(19(17)27)11-25-8-6-15-13(7-10-29-15)18(25)16-5-2-9-28-16/h2,5,7,9-10,18H,1,3-4,6,8,11H2/t18-/m0/s1. The zero-order valence-electron chi connectivity index (χ0n) is 15.4. The van der Waals surface area contributed by atoms with Crippen LogP contribution in [0.25, 0.3) is 0 Å². The van der Waals surface area contributed by atoms with E-state index in [0.29, 0.717) is 25.1 Å². The molecule has 2 aliphatic rings. The lowest BCUT2D eigenvalue weighted by Gasteiger charge is -2.35. The Labute approximate surface area is 173 Å². The van der Waals surface area contributed by atoms with Crippen molar-refractivity contribution in [1.29, 1.82) is 0 Å². The van der Waals surface area contributed by atoms with Crippen molar-refractivity contribution in [3.63, 3.8) is 0 Å². The molecule has 0 spiro atoms. The summed E-state index contributed by atoms with van der Waals surface area (Å²) in [6.45, 7) is 0.718. The van der Waals surface area contributed by atoms with Crippen LogP contribution in [0.15, 0.2) is 33.8 Å². The van der Waals surface area contributed by atoms with E-state index in [2.05, 4.69) is 21.4 Å². The van der Waals surface area contributed by atoms with Crippen molar-refractivity contribution in [2.45, 2.75) is 44.6 Å². The van der Waals surface area contributed by atoms with Crippen molar-refractivity contribution in [2.24, 2.45) is 0 Å². The lowest BCUT2D eigenvalue weighted by Crippen LogP contribution is -2.42. The van der Waals surface area contributed by atoms with Crippen LogP contribution in [0.1, 0.15) is 44.6 Å². The molecule has 0 N–H and O–H groups in total. The number of hydrogen-bond acceptors (Lipinski definition) is 5. The molecule has 1 atom stereocenters. The molecular weight excluding hydrogens is 419 g/mol. The van der Waals surface area contributed by atoms with Crippen molar-refractivity contribution >= 4 is 22.7 Å². The molecule has 1 aliphatic heterocycles. The summed E-state index contributed by atoms with van der Waals surface area (Å²) < 4.78 is 42.0. The molecule has 5 rings (SSSR count). The number of thiophene rings is 2. The zero-order chi connectivity index (χ0) is 20.2. The Bertz CT molecular complexity index is 1100. The van der Waals surface area contributed by atoms with E-state index in [1.165, 1.54) is 10.4 Å². The van der Waals surface area contributed by atoms with E-state index < -0.39 is 17.3 Å². The summed E-state index contributed by atoms with van der Waals surface area (Å²) in [5.74, 6) is 0. The maximum atomic E-state index is 13.7. The van der Waals surface area contributed by atoms with Gasteiger partial charge in [0.15, 0.2) is 0 Å². The lowest BCUT2D eigenvalue weighted by molar-refractivity contribution is -0.139. The Balaban J connectivity index is 1.58. The Morgan fingerprint density at radius 1 is 1.14 bits per heavy atom. The first kappa shape index (κ1) is 19.0. The SMILES string of the molecule is O=c1c(C(F)(F)F)c2c(nn1CN1CCc3sccc3[C@H]1c1cccs1)CCC2. The van der Waals surface area contributed by atoms with Gasteiger partial charge in [-0.25, -0.2) is 4.68 Å². The van der Waals surface area contributed by atoms with E-state index in [4.69, 9.17) is 0 Å². The Hall–Kier alpha value is -1.97. The molecule has 1 aliphatic carbocycles. The first-order chi connectivity index (χ1) is 13.9. The quantitative estimate of drug-likeness (QED) is 0.607. The third-order valence-electron chi connectivity index (χ3n) is 5.66. The van der Waals surface area contributed by atoms with Crippen molar-refractivity contribution in [2.75, 3.05) is 6.54 Å². The van der Waals surface area contributed by atoms with Gasteiger partial charge in [-0.2, -0.15) is 18.3 Å². The number of aryl methyl sites for hydroxylation is 1. The number of fused-ring (bicyclic) bond motifs is 2. The molecule has 0 saturated carbocycles. The molecule has 29 heavy (non-hydrogen) atoms. The van der Waals surface area contributed by atoms with Gasteiger partial charge in [0.25, 0.3) is 5.56 Å². The van der Waals surface area contributed by atoms with Gasteiger partial charge in [-0.15, -0.1) is 22.7 Å². The van der Waals surface area contributed by atoms with Crippen LogP contribution in [0.4, 0.5) is 13.2 Å². The van der Waals surface area contributed by atoms with Crippen molar-refractivity contribution < 1.29 is 13.2 Å². The number of nitrogens with zero attached hydrogens (tertiary/aromatic N) is 3. The number of rotatable bonds is 3. The van der Waals surface area contributed by atoms with Gasteiger partial charge in [-0.05, 0) is 59.7 Å². The predicted octanol–water partition coefficient (Wildman–Crippen LogP) is 4.48. The summed E-state index contributed by atoms with van der Waals surface area (Å²) in [5, 5.41) is 8.40. The zero-order valence-corrected chi connectivity index (χ0v) is 17.0. The summed E-state index contributed by atoms with van der Waals surface area (Å²) in [7, 11) is 0. The highest BCUT2D eigenvalue weighted by Crippen LogP contribution is 2.40. The topological polar surface area (TPSA) is 38.1 Å². The lowest BCUT2D eigenvalue weighted by atomic mass is 9.99. The molecule has 0 bridgehead atoms. The minimum absolute atomic E-state index is 0.0487. The van der Waals surface area contributed by atoms with Gasteiger partial charge in [0.05, 0.1) is 18.4 Å². The third kappa shape index (κ3) is 3.25. The van der Waals surface area contributed by atoms with Gasteiger partial charge in [-0.3, -0.25) is 9.69 Å². The molecule has 0 saturated heterocycles. The average Bonchev–Trinajstić information content (AvgIpc) is 3.42. The van der Waals surface area contributed by atoms with Crippen molar-refractivity contribution in [3.05, 3.63) is 71.5 Å². The predicted molar refractivity (Wildman–Crippen MR) is 106 cm³/mol. The molecule has 0 radical (unpaired) electrons. The molecule has 0 amide bonds. The molecular formula is C20H18F3N3OS2. The fraction of sp³-hybridized carbons (Fsp3) is 0.400. The Morgan fingerprint density at radius 2 is 2.00 bits per heavy atom. The number of hydrogen-bond donors (Lipinski definition) is 0. The first-order valence-electron chi connectivity index (χ1n) is 9.47. The molecule has 9 heteroatoms. The van der Waals surface area contributed by atoms with E-state index in [0.717, 1.165) is 16.0 Å². The van der Waals surface area contributed by atoms with Gasteiger partial charge in [0, 0.05) is 16.3 Å². The van der Waals surface area contributed by atoms with Gasteiger partial charge in [0.2, 0.25) is 0 Å². The van der Waals surface area contributed by atoms with Crippen LogP contribution in [-0.4, -0.2) is 21.2 Å². The van der Waals surface area contributed by atoms with Crippen molar-refractivity contribution in [1.82, 2.24) is 14.7 Å². The van der Waals surface area contributed by atoms with Crippen LogP contribution in [0, 0.1) is 0 Å². The Kier molecular flexibility index (Phi) is 4.64. The summed E-state index contributed by atoms with van der Waals surface area (Å²) in [5.41, 5.74) is -0.376. The molecule has 152 valence electrons. The fourth-order valence-corrected chi connectivity index (χ4v) is 6.20. The monoisotopic (exact) mass is 437 g/mol. The van der Waals surface area contributed by atoms with Crippen molar-refractivity contribution in [3.8, 4) is 0 Å². The van der Waals surface area contributed by atoms with Gasteiger partial charge in [0.1, 0.15) is 5.56 Å². The smallest absolute Gasteiger partial charge is 0.272 e. The van der Waals surface area contributed by atoms with E-state index in [-0.39, 0.29) is 24.7 Å². The maximum Gasteiger partial charge on any atom is 0.422 e. The summed E-state index contributed by atoms with van der Waals surface area (Å²) in [6.07, 6.45) is -2.48. The van der Waals surface area contributed by atoms with Gasteiger partial charge < -0.3 is 0 Å². The maximum absolute atomic E-state index is 13.7. The second-order valence-electron chi connectivity index (χ2n) is 7.38. The van der Waals surface area contributed by atoms with Gasteiger partial charge in [-0.1, -0.05) is 6.07 Å². The summed E-state index contributed by atoms with van der Waals surface area (Å²) in [4.78, 5) is 17.3. The highest BCUT2D eigenvalue weighted by Gasteiger charge is 2.41. The minimum Gasteiger partial charge on any atom is -0.272 e. The second kappa shape index (κ2) is 7.07. The van der Waals surface area contributed by atoms with Crippen LogP contribution in [0.5, 0.6) is 0 Å². The average molecular weight is 438 g/mol. The Morgan fingerprint density at radius 3 is 2.76 bits per heavy atom. The summed E-state index contributed by atoms with van der Waals surface area (Å²) in [6, 6.07) is 6.02. The normalized spacial score (nSPS) is 19.3. The summed E-state index contributed by atoms with van der Waals surface area (Å²) >= 11 is 3.32. The number of alkyl halides is 3. The molecule has 3 aromatic heterocycles.